The monoisotopic (exact) mass is 352 g/mol. The maximum atomic E-state index is 12.0. The molecule has 134 valence electrons. The summed E-state index contributed by atoms with van der Waals surface area (Å²) in [6.07, 6.45) is 1.84. The number of hydrogen-bond acceptors (Lipinski definition) is 2. The normalized spacial score (nSPS) is 12.0. The molecule has 1 aromatic carbocycles. The first-order chi connectivity index (χ1) is 11.2. The molecule has 0 fully saturated rings. The fraction of sp³-hybridized carbons (Fsp3) is 0.556. The number of benzene rings is 1. The van der Waals surface area contributed by atoms with Gasteiger partial charge in [0.2, 0.25) is 5.91 Å². The number of carbonyl (C=O) groups is 1. The molecule has 24 heavy (non-hydrogen) atoms. The first kappa shape index (κ1) is 20.3. The van der Waals surface area contributed by atoms with Crippen LogP contribution in [0.3, 0.4) is 0 Å². The minimum absolute atomic E-state index is 0.0241. The van der Waals surface area contributed by atoms with E-state index in [9.17, 15) is 4.79 Å². The molecule has 0 aromatic heterocycles. The van der Waals surface area contributed by atoms with Gasteiger partial charge in [-0.2, -0.15) is 0 Å². The van der Waals surface area contributed by atoms with Gasteiger partial charge < -0.3 is 15.5 Å². The zero-order chi connectivity index (χ0) is 18.2. The van der Waals surface area contributed by atoms with Crippen LogP contribution < -0.4 is 10.6 Å². The second kappa shape index (κ2) is 9.52. The van der Waals surface area contributed by atoms with Crippen LogP contribution in [0.25, 0.3) is 0 Å². The molecular weight excluding hydrogens is 324 g/mol. The minimum Gasteiger partial charge on any atom is -0.356 e. The molecule has 0 radical (unpaired) electrons. The third kappa shape index (κ3) is 7.68. The predicted octanol–water partition coefficient (Wildman–Crippen LogP) is 2.69. The number of likely N-dealkylation sites (N-methyl/N-ethyl adjacent to an activating group) is 1. The van der Waals surface area contributed by atoms with Crippen molar-refractivity contribution in [1.29, 1.82) is 0 Å². The fourth-order valence-corrected chi connectivity index (χ4v) is 2.54. The number of nitrogens with one attached hydrogen (secondary N) is 2. The number of guanidine groups is 1. The molecule has 1 amide bonds. The molecule has 0 aliphatic rings. The number of carbonyl (C=O) groups excluding carboxylic acids is 1. The van der Waals surface area contributed by atoms with Gasteiger partial charge in [0.15, 0.2) is 5.96 Å². The van der Waals surface area contributed by atoms with Gasteiger partial charge in [0.05, 0.1) is 6.54 Å². The van der Waals surface area contributed by atoms with Gasteiger partial charge in [-0.25, -0.2) is 0 Å². The van der Waals surface area contributed by atoms with Gasteiger partial charge in [-0.15, -0.1) is 0 Å². The Kier molecular flexibility index (Phi) is 8.05. The molecule has 6 heteroatoms. The SMILES string of the molecule is CN=C(NCCCc1ccccc1Cl)N(C)CC(=O)NC(C)(C)C. The van der Waals surface area contributed by atoms with E-state index in [0.29, 0.717) is 5.96 Å². The van der Waals surface area contributed by atoms with Gasteiger partial charge in [0, 0.05) is 31.2 Å². The summed E-state index contributed by atoms with van der Waals surface area (Å²) in [5.41, 5.74) is 0.915. The maximum Gasteiger partial charge on any atom is 0.240 e. The van der Waals surface area contributed by atoms with Crippen molar-refractivity contribution in [3.63, 3.8) is 0 Å². The van der Waals surface area contributed by atoms with Gasteiger partial charge in [-0.3, -0.25) is 9.79 Å². The summed E-state index contributed by atoms with van der Waals surface area (Å²) in [4.78, 5) is 18.0. The van der Waals surface area contributed by atoms with E-state index in [0.717, 1.165) is 30.0 Å². The largest absolute Gasteiger partial charge is 0.356 e. The third-order valence-corrected chi connectivity index (χ3v) is 3.70. The van der Waals surface area contributed by atoms with Crippen molar-refractivity contribution in [2.24, 2.45) is 4.99 Å². The first-order valence-corrected chi connectivity index (χ1v) is 8.57. The van der Waals surface area contributed by atoms with Gasteiger partial charge in [-0.1, -0.05) is 29.8 Å². The Morgan fingerprint density at radius 1 is 1.29 bits per heavy atom. The van der Waals surface area contributed by atoms with E-state index >= 15 is 0 Å². The van der Waals surface area contributed by atoms with E-state index in [-0.39, 0.29) is 18.0 Å². The summed E-state index contributed by atoms with van der Waals surface area (Å²) < 4.78 is 0. The summed E-state index contributed by atoms with van der Waals surface area (Å²) in [5.74, 6) is 0.683. The van der Waals surface area contributed by atoms with Crippen LogP contribution in [-0.2, 0) is 11.2 Å². The van der Waals surface area contributed by atoms with Crippen LogP contribution in [0, 0.1) is 0 Å². The number of amides is 1. The standard InChI is InChI=1S/C18H29ClN4O/c1-18(2,3)22-16(24)13-23(5)17(20-4)21-12-8-10-14-9-6-7-11-15(14)19/h6-7,9,11H,8,10,12-13H2,1-5H3,(H,20,21)(H,22,24). The quantitative estimate of drug-likeness (QED) is 0.470. The lowest BCUT2D eigenvalue weighted by Crippen LogP contribution is -2.48. The Morgan fingerprint density at radius 2 is 1.96 bits per heavy atom. The zero-order valence-corrected chi connectivity index (χ0v) is 16.1. The first-order valence-electron chi connectivity index (χ1n) is 8.19. The van der Waals surface area contributed by atoms with E-state index < -0.39 is 0 Å². The minimum atomic E-state index is -0.232. The van der Waals surface area contributed by atoms with Crippen molar-refractivity contribution in [3.05, 3.63) is 34.9 Å². The summed E-state index contributed by atoms with van der Waals surface area (Å²) >= 11 is 6.16. The highest BCUT2D eigenvalue weighted by Gasteiger charge is 2.16. The summed E-state index contributed by atoms with van der Waals surface area (Å²) in [7, 11) is 3.57. The third-order valence-electron chi connectivity index (χ3n) is 3.33. The fourth-order valence-electron chi connectivity index (χ4n) is 2.31. The van der Waals surface area contributed by atoms with Crippen molar-refractivity contribution in [2.75, 3.05) is 27.2 Å². The van der Waals surface area contributed by atoms with E-state index in [1.807, 2.05) is 57.0 Å². The van der Waals surface area contributed by atoms with Gasteiger partial charge in [0.1, 0.15) is 0 Å². The maximum absolute atomic E-state index is 12.0. The van der Waals surface area contributed by atoms with Crippen molar-refractivity contribution in [2.45, 2.75) is 39.2 Å². The molecule has 0 aliphatic heterocycles. The summed E-state index contributed by atoms with van der Waals surface area (Å²) in [5, 5.41) is 7.03. The highest BCUT2D eigenvalue weighted by atomic mass is 35.5. The summed E-state index contributed by atoms with van der Waals surface area (Å²) in [6, 6.07) is 7.88. The number of nitrogens with zero attached hydrogens (tertiary/aromatic N) is 2. The van der Waals surface area contributed by atoms with Crippen LogP contribution in [-0.4, -0.2) is 49.5 Å². The molecule has 0 atom stereocenters. The Hall–Kier alpha value is -1.75. The van der Waals surface area contributed by atoms with Crippen LogP contribution in [0.15, 0.2) is 29.3 Å². The average Bonchev–Trinajstić information content (AvgIpc) is 2.46. The summed E-state index contributed by atoms with van der Waals surface area (Å²) in [6.45, 7) is 6.93. The van der Waals surface area contributed by atoms with Crippen LogP contribution in [0.5, 0.6) is 0 Å². The molecule has 5 nitrogen and oxygen atoms in total. The van der Waals surface area contributed by atoms with Gasteiger partial charge in [-0.05, 0) is 45.2 Å². The van der Waals surface area contributed by atoms with E-state index in [4.69, 9.17) is 11.6 Å². The van der Waals surface area contributed by atoms with Crippen molar-refractivity contribution >= 4 is 23.5 Å². The number of halogens is 1. The molecule has 1 rings (SSSR count). The van der Waals surface area contributed by atoms with Crippen molar-refractivity contribution in [3.8, 4) is 0 Å². The van der Waals surface area contributed by atoms with Crippen molar-refractivity contribution < 1.29 is 4.79 Å². The number of hydrogen-bond donors (Lipinski definition) is 2. The lowest BCUT2D eigenvalue weighted by molar-refractivity contribution is -0.122. The van der Waals surface area contributed by atoms with Gasteiger partial charge >= 0.3 is 0 Å². The topological polar surface area (TPSA) is 56.7 Å². The average molecular weight is 353 g/mol. The van der Waals surface area contributed by atoms with E-state index in [1.165, 1.54) is 0 Å². The molecule has 1 aromatic rings. The molecule has 0 unspecified atom stereocenters. The highest BCUT2D eigenvalue weighted by Crippen LogP contribution is 2.16. The molecule has 2 N–H and O–H groups in total. The number of rotatable bonds is 6. The number of aryl methyl sites for hydroxylation is 1. The lowest BCUT2D eigenvalue weighted by Gasteiger charge is -2.25. The molecule has 0 bridgehead atoms. The van der Waals surface area contributed by atoms with Crippen LogP contribution in [0.4, 0.5) is 0 Å². The Balaban J connectivity index is 2.39. The molecule has 0 saturated heterocycles. The van der Waals surface area contributed by atoms with E-state index in [2.05, 4.69) is 15.6 Å². The smallest absolute Gasteiger partial charge is 0.240 e. The second-order valence-corrected chi connectivity index (χ2v) is 7.23. The van der Waals surface area contributed by atoms with Crippen LogP contribution in [0.1, 0.15) is 32.8 Å². The Bertz CT molecular complexity index is 566. The second-order valence-electron chi connectivity index (χ2n) is 6.82. The molecular formula is C18H29ClN4O. The van der Waals surface area contributed by atoms with Crippen molar-refractivity contribution in [1.82, 2.24) is 15.5 Å². The molecule has 0 saturated carbocycles. The van der Waals surface area contributed by atoms with Crippen LogP contribution >= 0.6 is 11.6 Å². The van der Waals surface area contributed by atoms with Gasteiger partial charge in [0.25, 0.3) is 0 Å². The predicted molar refractivity (Wildman–Crippen MR) is 102 cm³/mol. The molecule has 0 spiro atoms. The Labute approximate surface area is 150 Å². The lowest BCUT2D eigenvalue weighted by atomic mass is 10.1. The molecule has 0 aliphatic carbocycles. The zero-order valence-electron chi connectivity index (χ0n) is 15.3. The van der Waals surface area contributed by atoms with Crippen LogP contribution in [0.2, 0.25) is 5.02 Å². The van der Waals surface area contributed by atoms with E-state index in [1.54, 1.807) is 7.05 Å². The molecule has 0 heterocycles. The number of aliphatic imine (C=N–C) groups is 1. The Morgan fingerprint density at radius 3 is 2.54 bits per heavy atom. The highest BCUT2D eigenvalue weighted by molar-refractivity contribution is 6.31.